The van der Waals surface area contributed by atoms with Crippen molar-refractivity contribution in [3.63, 3.8) is 0 Å². The molecule has 9 nitrogen and oxygen atoms in total. The van der Waals surface area contributed by atoms with Crippen LogP contribution in [0.25, 0.3) is 0 Å². The van der Waals surface area contributed by atoms with Gasteiger partial charge in [0.05, 0.1) is 19.8 Å². The van der Waals surface area contributed by atoms with E-state index in [9.17, 15) is 15.0 Å². The van der Waals surface area contributed by atoms with Gasteiger partial charge in [-0.1, -0.05) is 0 Å². The molecule has 0 unspecified atom stereocenters. The van der Waals surface area contributed by atoms with Crippen LogP contribution in [0.3, 0.4) is 0 Å². The van der Waals surface area contributed by atoms with Crippen LogP contribution in [0.15, 0.2) is 17.1 Å². The topological polar surface area (TPSA) is 129 Å². The number of ether oxygens (including phenoxy) is 3. The first-order valence-electron chi connectivity index (χ1n) is 6.48. The van der Waals surface area contributed by atoms with Gasteiger partial charge in [0.1, 0.15) is 24.1 Å². The fourth-order valence-electron chi connectivity index (χ4n) is 2.16. The average Bonchev–Trinajstić information content (AvgIpc) is 2.76. The van der Waals surface area contributed by atoms with Crippen LogP contribution in [0.2, 0.25) is 0 Å². The Morgan fingerprint density at radius 3 is 2.90 bits per heavy atom. The first kappa shape index (κ1) is 15.9. The summed E-state index contributed by atoms with van der Waals surface area (Å²) >= 11 is 0. The van der Waals surface area contributed by atoms with Crippen LogP contribution in [0.5, 0.6) is 0 Å². The van der Waals surface area contributed by atoms with Crippen LogP contribution < -0.4 is 11.4 Å². The van der Waals surface area contributed by atoms with Crippen LogP contribution in [0.4, 0.5) is 5.82 Å². The molecule has 0 spiro atoms. The van der Waals surface area contributed by atoms with Gasteiger partial charge in [0.25, 0.3) is 0 Å². The summed E-state index contributed by atoms with van der Waals surface area (Å²) in [5.41, 5.74) is 4.82. The standard InChI is InChI=1S/C12H19N3O6/c1-19-4-5-20-10-9(17)7(6-16)21-11(10)15-3-2-8(13)14-12(15)18/h2-3,7,9-11,16-17H,4-6H2,1H3,(H2,13,14,18)/t7-,9-,10-,11-/m1/s1. The summed E-state index contributed by atoms with van der Waals surface area (Å²) in [6, 6.07) is 1.44. The van der Waals surface area contributed by atoms with Gasteiger partial charge in [0, 0.05) is 13.3 Å². The summed E-state index contributed by atoms with van der Waals surface area (Å²) in [6.07, 6.45) is -2.21. The molecule has 0 radical (unpaired) electrons. The number of anilines is 1. The minimum absolute atomic E-state index is 0.0883. The summed E-state index contributed by atoms with van der Waals surface area (Å²) in [6.45, 7) is 0.154. The van der Waals surface area contributed by atoms with Crippen molar-refractivity contribution < 1.29 is 24.4 Å². The maximum atomic E-state index is 11.9. The number of aliphatic hydroxyl groups is 2. The predicted octanol–water partition coefficient (Wildman–Crippen LogP) is -1.89. The molecule has 0 amide bonds. The summed E-state index contributed by atoms with van der Waals surface area (Å²) in [5, 5.41) is 19.3. The van der Waals surface area contributed by atoms with Crippen molar-refractivity contribution in [3.05, 3.63) is 22.7 Å². The van der Waals surface area contributed by atoms with E-state index in [1.807, 2.05) is 0 Å². The van der Waals surface area contributed by atoms with Crippen molar-refractivity contribution in [2.75, 3.05) is 32.7 Å². The number of nitrogens with two attached hydrogens (primary N) is 1. The van der Waals surface area contributed by atoms with Gasteiger partial charge in [0.15, 0.2) is 6.23 Å². The molecule has 2 rings (SSSR count). The Morgan fingerprint density at radius 1 is 1.52 bits per heavy atom. The second-order valence-corrected chi connectivity index (χ2v) is 4.61. The number of nitrogen functional groups attached to an aromatic ring is 1. The Hall–Kier alpha value is -1.52. The molecule has 4 atom stereocenters. The van der Waals surface area contributed by atoms with Gasteiger partial charge in [0.2, 0.25) is 0 Å². The average molecular weight is 301 g/mol. The third-order valence-electron chi connectivity index (χ3n) is 3.22. The van der Waals surface area contributed by atoms with Crippen molar-refractivity contribution in [1.82, 2.24) is 9.55 Å². The van der Waals surface area contributed by atoms with Crippen molar-refractivity contribution in [3.8, 4) is 0 Å². The summed E-state index contributed by atoms with van der Waals surface area (Å²) in [5.74, 6) is 0.0883. The molecule has 1 aliphatic rings. The van der Waals surface area contributed by atoms with Crippen molar-refractivity contribution in [2.24, 2.45) is 0 Å². The Labute approximate surface area is 120 Å². The van der Waals surface area contributed by atoms with E-state index in [-0.39, 0.29) is 19.0 Å². The molecular weight excluding hydrogens is 282 g/mol. The summed E-state index contributed by atoms with van der Waals surface area (Å²) in [7, 11) is 1.52. The first-order chi connectivity index (χ1) is 10.1. The number of rotatable bonds is 6. The highest BCUT2D eigenvalue weighted by molar-refractivity contribution is 5.23. The molecule has 21 heavy (non-hydrogen) atoms. The lowest BCUT2D eigenvalue weighted by Crippen LogP contribution is -2.38. The lowest BCUT2D eigenvalue weighted by molar-refractivity contribution is -0.0818. The molecule has 0 saturated carbocycles. The molecule has 4 N–H and O–H groups in total. The summed E-state index contributed by atoms with van der Waals surface area (Å²) < 4.78 is 17.0. The zero-order chi connectivity index (χ0) is 15.4. The van der Waals surface area contributed by atoms with E-state index >= 15 is 0 Å². The molecule has 0 aromatic carbocycles. The largest absolute Gasteiger partial charge is 0.394 e. The van der Waals surface area contributed by atoms with Crippen LogP contribution in [0, 0.1) is 0 Å². The summed E-state index contributed by atoms with van der Waals surface area (Å²) in [4.78, 5) is 15.5. The van der Waals surface area contributed by atoms with E-state index in [0.717, 1.165) is 0 Å². The molecule has 1 fully saturated rings. The van der Waals surface area contributed by atoms with E-state index in [1.54, 1.807) is 0 Å². The quantitative estimate of drug-likeness (QED) is 0.520. The smallest absolute Gasteiger partial charge is 0.351 e. The fraction of sp³-hybridized carbons (Fsp3) is 0.667. The lowest BCUT2D eigenvalue weighted by Gasteiger charge is -2.22. The zero-order valence-corrected chi connectivity index (χ0v) is 11.6. The van der Waals surface area contributed by atoms with Crippen LogP contribution in [-0.4, -0.2) is 65.0 Å². The van der Waals surface area contributed by atoms with Crippen molar-refractivity contribution in [2.45, 2.75) is 24.5 Å². The molecule has 1 saturated heterocycles. The Morgan fingerprint density at radius 2 is 2.29 bits per heavy atom. The molecular formula is C12H19N3O6. The number of aliphatic hydroxyl groups excluding tert-OH is 2. The SMILES string of the molecule is COCCO[C@@H]1[C@H](O)[C@@H](CO)O[C@H]1n1ccc(N)nc1=O. The first-order valence-corrected chi connectivity index (χ1v) is 6.48. The molecule has 2 heterocycles. The molecule has 0 aliphatic carbocycles. The number of nitrogens with zero attached hydrogens (tertiary/aromatic N) is 2. The van der Waals surface area contributed by atoms with E-state index in [4.69, 9.17) is 19.9 Å². The maximum absolute atomic E-state index is 11.9. The molecule has 1 aromatic rings. The Kier molecular flexibility index (Phi) is 5.26. The molecule has 9 heteroatoms. The highest BCUT2D eigenvalue weighted by Gasteiger charge is 2.45. The van der Waals surface area contributed by atoms with Gasteiger partial charge in [-0.15, -0.1) is 0 Å². The fourth-order valence-corrected chi connectivity index (χ4v) is 2.16. The monoisotopic (exact) mass is 301 g/mol. The molecule has 1 aromatic heterocycles. The van der Waals surface area contributed by atoms with Gasteiger partial charge in [-0.05, 0) is 6.07 Å². The van der Waals surface area contributed by atoms with Crippen LogP contribution >= 0.6 is 0 Å². The number of hydrogen-bond donors (Lipinski definition) is 3. The maximum Gasteiger partial charge on any atom is 0.351 e. The van der Waals surface area contributed by atoms with Gasteiger partial charge in [-0.3, -0.25) is 4.57 Å². The van der Waals surface area contributed by atoms with Crippen molar-refractivity contribution in [1.29, 1.82) is 0 Å². The van der Waals surface area contributed by atoms with E-state index < -0.39 is 30.2 Å². The highest BCUT2D eigenvalue weighted by atomic mass is 16.6. The molecule has 118 valence electrons. The lowest BCUT2D eigenvalue weighted by atomic mass is 10.1. The third-order valence-corrected chi connectivity index (χ3v) is 3.22. The predicted molar refractivity (Wildman–Crippen MR) is 71.5 cm³/mol. The minimum atomic E-state index is -1.07. The third kappa shape index (κ3) is 3.39. The normalized spacial score (nSPS) is 28.9. The van der Waals surface area contributed by atoms with E-state index in [0.29, 0.717) is 6.61 Å². The van der Waals surface area contributed by atoms with Gasteiger partial charge < -0.3 is 30.2 Å². The van der Waals surface area contributed by atoms with Gasteiger partial charge >= 0.3 is 5.69 Å². The zero-order valence-electron chi connectivity index (χ0n) is 11.6. The number of methoxy groups -OCH3 is 1. The van der Waals surface area contributed by atoms with E-state index in [2.05, 4.69) is 4.98 Å². The molecule has 1 aliphatic heterocycles. The van der Waals surface area contributed by atoms with Gasteiger partial charge in [-0.25, -0.2) is 4.79 Å². The number of aromatic nitrogens is 2. The van der Waals surface area contributed by atoms with E-state index in [1.165, 1.54) is 23.9 Å². The minimum Gasteiger partial charge on any atom is -0.394 e. The number of hydrogen-bond acceptors (Lipinski definition) is 8. The van der Waals surface area contributed by atoms with Crippen LogP contribution in [0.1, 0.15) is 6.23 Å². The van der Waals surface area contributed by atoms with Crippen molar-refractivity contribution >= 4 is 5.82 Å². The highest BCUT2D eigenvalue weighted by Crippen LogP contribution is 2.30. The van der Waals surface area contributed by atoms with Gasteiger partial charge in [-0.2, -0.15) is 4.98 Å². The second-order valence-electron chi connectivity index (χ2n) is 4.61. The Bertz CT molecular complexity index is 522. The van der Waals surface area contributed by atoms with Crippen LogP contribution in [-0.2, 0) is 14.2 Å². The second kappa shape index (κ2) is 6.96. The Balaban J connectivity index is 2.23. The molecule has 0 bridgehead atoms.